The fourth-order valence-electron chi connectivity index (χ4n) is 3.80. The zero-order valence-electron chi connectivity index (χ0n) is 15.6. The summed E-state index contributed by atoms with van der Waals surface area (Å²) >= 11 is 0. The van der Waals surface area contributed by atoms with Crippen LogP contribution in [0.1, 0.15) is 43.0 Å². The molecule has 1 saturated heterocycles. The minimum absolute atomic E-state index is 0.00714. The molecule has 5 nitrogen and oxygen atoms in total. The van der Waals surface area contributed by atoms with Crippen molar-refractivity contribution in [2.24, 2.45) is 5.41 Å². The first-order valence-corrected chi connectivity index (χ1v) is 9.68. The number of rotatable bonds is 4. The molecule has 2 amide bonds. The van der Waals surface area contributed by atoms with Gasteiger partial charge in [0.25, 0.3) is 5.91 Å². The topological polar surface area (TPSA) is 62.3 Å². The predicted octanol–water partition coefficient (Wildman–Crippen LogP) is 3.27. The van der Waals surface area contributed by atoms with Crippen molar-refractivity contribution in [1.29, 1.82) is 0 Å². The second-order valence-electron chi connectivity index (χ2n) is 7.82. The Labute approximate surface area is 159 Å². The van der Waals surface area contributed by atoms with E-state index in [1.807, 2.05) is 41.3 Å². The van der Waals surface area contributed by atoms with E-state index in [2.05, 4.69) is 10.3 Å². The van der Waals surface area contributed by atoms with Gasteiger partial charge in [0.05, 0.1) is 11.3 Å². The van der Waals surface area contributed by atoms with Crippen molar-refractivity contribution in [3.63, 3.8) is 0 Å². The fraction of sp³-hybridized carbons (Fsp3) is 0.409. The van der Waals surface area contributed by atoms with Gasteiger partial charge in [0.15, 0.2) is 0 Å². The number of likely N-dealkylation sites (tertiary alicyclic amines) is 1. The molecule has 2 aliphatic rings. The van der Waals surface area contributed by atoms with Crippen molar-refractivity contribution in [1.82, 2.24) is 15.2 Å². The SMILES string of the molecule is C[C@@H](NC(=O)c1ccc(-c2ccccc2)nc1)C(=O)N1CCC2(CC1)CC2. The third-order valence-electron chi connectivity index (χ3n) is 5.91. The molecule has 1 aromatic carbocycles. The molecular weight excluding hydrogens is 338 g/mol. The molecule has 2 fully saturated rings. The highest BCUT2D eigenvalue weighted by atomic mass is 16.2. The van der Waals surface area contributed by atoms with E-state index >= 15 is 0 Å². The van der Waals surface area contributed by atoms with Crippen LogP contribution in [-0.4, -0.2) is 40.8 Å². The van der Waals surface area contributed by atoms with Crippen molar-refractivity contribution in [2.45, 2.75) is 38.6 Å². The Morgan fingerprint density at radius 3 is 2.33 bits per heavy atom. The first kappa shape index (κ1) is 17.7. The molecule has 1 saturated carbocycles. The van der Waals surface area contributed by atoms with E-state index < -0.39 is 6.04 Å². The molecule has 1 spiro atoms. The summed E-state index contributed by atoms with van der Waals surface area (Å²) < 4.78 is 0. The normalized spacial score (nSPS) is 18.8. The second kappa shape index (κ2) is 7.14. The highest BCUT2D eigenvalue weighted by molar-refractivity contribution is 5.97. The van der Waals surface area contributed by atoms with Gasteiger partial charge in [-0.25, -0.2) is 0 Å². The highest BCUT2D eigenvalue weighted by Crippen LogP contribution is 2.53. The summed E-state index contributed by atoms with van der Waals surface area (Å²) in [7, 11) is 0. The van der Waals surface area contributed by atoms with Crippen LogP contribution in [-0.2, 0) is 4.79 Å². The van der Waals surface area contributed by atoms with Crippen molar-refractivity contribution in [2.75, 3.05) is 13.1 Å². The lowest BCUT2D eigenvalue weighted by Crippen LogP contribution is -2.49. The Morgan fingerprint density at radius 1 is 1.04 bits per heavy atom. The standard InChI is InChI=1S/C22H25N3O2/c1-16(21(27)25-13-11-22(9-10-22)12-14-25)24-20(26)18-7-8-19(23-15-18)17-5-3-2-4-6-17/h2-8,15-16H,9-14H2,1H3,(H,24,26)/t16-/m1/s1. The molecule has 0 bridgehead atoms. The third kappa shape index (κ3) is 3.87. The van der Waals surface area contributed by atoms with E-state index in [1.165, 1.54) is 12.8 Å². The van der Waals surface area contributed by atoms with E-state index in [-0.39, 0.29) is 11.8 Å². The molecule has 1 N–H and O–H groups in total. The van der Waals surface area contributed by atoms with Gasteiger partial charge in [0.2, 0.25) is 5.91 Å². The number of nitrogens with one attached hydrogen (secondary N) is 1. The van der Waals surface area contributed by atoms with Gasteiger partial charge in [0, 0.05) is 24.8 Å². The summed E-state index contributed by atoms with van der Waals surface area (Å²) in [5, 5.41) is 2.82. The lowest BCUT2D eigenvalue weighted by Gasteiger charge is -2.33. The molecule has 27 heavy (non-hydrogen) atoms. The largest absolute Gasteiger partial charge is 0.341 e. The Hall–Kier alpha value is -2.69. The molecule has 2 aromatic rings. The highest BCUT2D eigenvalue weighted by Gasteiger charge is 2.45. The van der Waals surface area contributed by atoms with Crippen LogP contribution in [0.5, 0.6) is 0 Å². The summed E-state index contributed by atoms with van der Waals surface area (Å²) in [6.07, 6.45) is 6.39. The van der Waals surface area contributed by atoms with Crippen LogP contribution in [0.2, 0.25) is 0 Å². The number of carbonyl (C=O) groups excluding carboxylic acids is 2. The molecule has 1 aliphatic carbocycles. The minimum Gasteiger partial charge on any atom is -0.341 e. The predicted molar refractivity (Wildman–Crippen MR) is 104 cm³/mol. The maximum absolute atomic E-state index is 12.6. The van der Waals surface area contributed by atoms with Crippen molar-refractivity contribution in [3.8, 4) is 11.3 Å². The number of piperidine rings is 1. The average Bonchev–Trinajstić information content (AvgIpc) is 3.47. The summed E-state index contributed by atoms with van der Waals surface area (Å²) in [4.78, 5) is 31.4. The fourth-order valence-corrected chi connectivity index (χ4v) is 3.80. The quantitative estimate of drug-likeness (QED) is 0.907. The molecule has 1 aliphatic heterocycles. The van der Waals surface area contributed by atoms with Crippen molar-refractivity contribution < 1.29 is 9.59 Å². The summed E-state index contributed by atoms with van der Waals surface area (Å²) in [6, 6.07) is 12.9. The van der Waals surface area contributed by atoms with Gasteiger partial charge in [-0.1, -0.05) is 30.3 Å². The molecule has 4 rings (SSSR count). The van der Waals surface area contributed by atoms with Crippen LogP contribution in [0.25, 0.3) is 11.3 Å². The van der Waals surface area contributed by atoms with Crippen molar-refractivity contribution in [3.05, 3.63) is 54.2 Å². The van der Waals surface area contributed by atoms with Gasteiger partial charge in [0.1, 0.15) is 6.04 Å². The van der Waals surface area contributed by atoms with Crippen LogP contribution in [0, 0.1) is 5.41 Å². The Balaban J connectivity index is 1.34. The van der Waals surface area contributed by atoms with Crippen LogP contribution in [0.3, 0.4) is 0 Å². The van der Waals surface area contributed by atoms with Gasteiger partial charge in [-0.15, -0.1) is 0 Å². The van der Waals surface area contributed by atoms with E-state index in [1.54, 1.807) is 19.2 Å². The maximum Gasteiger partial charge on any atom is 0.253 e. The molecule has 0 unspecified atom stereocenters. The number of aromatic nitrogens is 1. The van der Waals surface area contributed by atoms with E-state index in [4.69, 9.17) is 0 Å². The maximum atomic E-state index is 12.6. The minimum atomic E-state index is -0.528. The molecule has 0 radical (unpaired) electrons. The molecule has 1 atom stereocenters. The molecule has 2 heterocycles. The summed E-state index contributed by atoms with van der Waals surface area (Å²) in [6.45, 7) is 3.38. The average molecular weight is 363 g/mol. The molecular formula is C22H25N3O2. The first-order chi connectivity index (χ1) is 13.1. The van der Waals surface area contributed by atoms with Gasteiger partial charge in [-0.3, -0.25) is 14.6 Å². The number of carbonyl (C=O) groups is 2. The molecule has 140 valence electrons. The lowest BCUT2D eigenvalue weighted by atomic mass is 9.93. The van der Waals surface area contributed by atoms with Crippen molar-refractivity contribution >= 4 is 11.8 Å². The molecule has 5 heteroatoms. The third-order valence-corrected chi connectivity index (χ3v) is 5.91. The summed E-state index contributed by atoms with van der Waals surface area (Å²) in [5.41, 5.74) is 2.82. The smallest absolute Gasteiger partial charge is 0.253 e. The van der Waals surface area contributed by atoms with E-state index in [0.717, 1.165) is 37.2 Å². The van der Waals surface area contributed by atoms with Gasteiger partial charge in [-0.05, 0) is 50.2 Å². The van der Waals surface area contributed by atoms with Gasteiger partial charge >= 0.3 is 0 Å². The number of amides is 2. The molecule has 1 aromatic heterocycles. The van der Waals surface area contributed by atoms with Crippen LogP contribution in [0.4, 0.5) is 0 Å². The van der Waals surface area contributed by atoms with E-state index in [0.29, 0.717) is 11.0 Å². The number of hydrogen-bond acceptors (Lipinski definition) is 3. The second-order valence-corrected chi connectivity index (χ2v) is 7.82. The van der Waals surface area contributed by atoms with Gasteiger partial charge < -0.3 is 10.2 Å². The number of benzene rings is 1. The Kier molecular flexibility index (Phi) is 4.68. The van der Waals surface area contributed by atoms with Crippen LogP contribution < -0.4 is 5.32 Å². The van der Waals surface area contributed by atoms with Crippen LogP contribution in [0.15, 0.2) is 48.7 Å². The number of nitrogens with zero attached hydrogens (tertiary/aromatic N) is 2. The number of pyridine rings is 1. The lowest BCUT2D eigenvalue weighted by molar-refractivity contribution is -0.134. The zero-order valence-corrected chi connectivity index (χ0v) is 15.6. The first-order valence-electron chi connectivity index (χ1n) is 9.68. The van der Waals surface area contributed by atoms with Gasteiger partial charge in [-0.2, -0.15) is 0 Å². The Bertz CT molecular complexity index is 818. The zero-order chi connectivity index (χ0) is 18.9. The van der Waals surface area contributed by atoms with E-state index in [9.17, 15) is 9.59 Å². The summed E-state index contributed by atoms with van der Waals surface area (Å²) in [5.74, 6) is -0.258. The van der Waals surface area contributed by atoms with Crippen LogP contribution >= 0.6 is 0 Å². The number of hydrogen-bond donors (Lipinski definition) is 1. The monoisotopic (exact) mass is 363 g/mol. The Morgan fingerprint density at radius 2 is 1.74 bits per heavy atom.